The maximum atomic E-state index is 13.0. The fourth-order valence-electron chi connectivity index (χ4n) is 2.16. The average Bonchev–Trinajstić information content (AvgIpc) is 2.74. The van der Waals surface area contributed by atoms with Crippen molar-refractivity contribution in [2.75, 3.05) is 6.61 Å². The molecule has 0 bridgehead atoms. The molecule has 120 valence electrons. The van der Waals surface area contributed by atoms with E-state index in [1.807, 2.05) is 0 Å². The minimum absolute atomic E-state index is 0.249. The number of hydrogen-bond acceptors (Lipinski definition) is 4. The van der Waals surface area contributed by atoms with Gasteiger partial charge >= 0.3 is 0 Å². The quantitative estimate of drug-likeness (QED) is 0.922. The first kappa shape index (κ1) is 16.6. The van der Waals surface area contributed by atoms with Crippen molar-refractivity contribution < 1.29 is 23.4 Å². The zero-order chi connectivity index (χ0) is 16.5. The normalized spacial score (nSPS) is 21.2. The number of aliphatic hydroxyl groups is 1. The van der Waals surface area contributed by atoms with Gasteiger partial charge in [0, 0.05) is 17.2 Å². The highest BCUT2D eigenvalue weighted by Crippen LogP contribution is 2.31. The smallest absolute Gasteiger partial charge is 0.287 e. The SMILES string of the molecule is CC1=NN(C(=O)COc2ccc(Cl)cc2C)C(O)(C(F)F)C1. The molecule has 0 aliphatic carbocycles. The molecule has 0 saturated carbocycles. The van der Waals surface area contributed by atoms with Crippen LogP contribution in [-0.4, -0.2) is 40.5 Å². The van der Waals surface area contributed by atoms with Crippen LogP contribution in [0, 0.1) is 6.92 Å². The standard InChI is InChI=1S/C14H15ClF2N2O3/c1-8-5-10(15)3-4-11(8)22-7-12(20)19-14(21,13(16)17)6-9(2)18-19/h3-5,13,21H,6-7H2,1-2H3. The van der Waals surface area contributed by atoms with E-state index in [9.17, 15) is 18.7 Å². The lowest BCUT2D eigenvalue weighted by molar-refractivity contribution is -0.193. The number of benzene rings is 1. The van der Waals surface area contributed by atoms with E-state index >= 15 is 0 Å². The third-order valence-electron chi connectivity index (χ3n) is 3.23. The maximum Gasteiger partial charge on any atom is 0.287 e. The molecule has 0 fully saturated rings. The van der Waals surface area contributed by atoms with Crippen LogP contribution in [0.3, 0.4) is 0 Å². The van der Waals surface area contributed by atoms with Gasteiger partial charge in [0.15, 0.2) is 6.61 Å². The Morgan fingerprint density at radius 2 is 2.23 bits per heavy atom. The molecule has 0 aromatic heterocycles. The van der Waals surface area contributed by atoms with Crippen LogP contribution < -0.4 is 4.74 Å². The molecule has 1 N–H and O–H groups in total. The van der Waals surface area contributed by atoms with Crippen molar-refractivity contribution in [1.29, 1.82) is 0 Å². The summed E-state index contributed by atoms with van der Waals surface area (Å²) < 4.78 is 31.3. The van der Waals surface area contributed by atoms with Gasteiger partial charge in [-0.15, -0.1) is 0 Å². The van der Waals surface area contributed by atoms with E-state index < -0.39 is 31.1 Å². The number of halogens is 3. The largest absolute Gasteiger partial charge is 0.483 e. The number of hydrogen-bond donors (Lipinski definition) is 1. The summed E-state index contributed by atoms with van der Waals surface area (Å²) in [4.78, 5) is 12.0. The van der Waals surface area contributed by atoms with Gasteiger partial charge < -0.3 is 9.84 Å². The fraction of sp³-hybridized carbons (Fsp3) is 0.429. The van der Waals surface area contributed by atoms with Crippen molar-refractivity contribution in [3.8, 4) is 5.75 Å². The fourth-order valence-corrected chi connectivity index (χ4v) is 2.39. The van der Waals surface area contributed by atoms with Crippen molar-refractivity contribution in [2.45, 2.75) is 32.4 Å². The zero-order valence-electron chi connectivity index (χ0n) is 12.0. The first-order valence-electron chi connectivity index (χ1n) is 6.50. The van der Waals surface area contributed by atoms with E-state index in [0.717, 1.165) is 0 Å². The van der Waals surface area contributed by atoms with Crippen LogP contribution in [0.4, 0.5) is 8.78 Å². The molecule has 8 heteroatoms. The molecule has 1 aromatic carbocycles. The van der Waals surface area contributed by atoms with Crippen molar-refractivity contribution in [1.82, 2.24) is 5.01 Å². The summed E-state index contributed by atoms with van der Waals surface area (Å²) in [6.45, 7) is 2.68. The molecule has 1 unspecified atom stereocenters. The number of carbonyl (C=O) groups is 1. The predicted molar refractivity (Wildman–Crippen MR) is 77.2 cm³/mol. The third kappa shape index (κ3) is 3.20. The van der Waals surface area contributed by atoms with Gasteiger partial charge in [-0.05, 0) is 37.6 Å². The molecule has 1 aromatic rings. The van der Waals surface area contributed by atoms with Crippen molar-refractivity contribution in [2.24, 2.45) is 5.10 Å². The first-order valence-corrected chi connectivity index (χ1v) is 6.88. The summed E-state index contributed by atoms with van der Waals surface area (Å²) >= 11 is 5.81. The molecular weight excluding hydrogens is 318 g/mol. The molecule has 1 heterocycles. The second-order valence-corrected chi connectivity index (χ2v) is 5.53. The van der Waals surface area contributed by atoms with Gasteiger partial charge in [-0.3, -0.25) is 4.79 Å². The van der Waals surface area contributed by atoms with E-state index in [2.05, 4.69) is 5.10 Å². The van der Waals surface area contributed by atoms with Gasteiger partial charge in [-0.25, -0.2) is 8.78 Å². The van der Waals surface area contributed by atoms with Gasteiger partial charge in [0.1, 0.15) is 5.75 Å². The average molecular weight is 333 g/mol. The van der Waals surface area contributed by atoms with Gasteiger partial charge in [0.05, 0.1) is 0 Å². The van der Waals surface area contributed by atoms with Crippen LogP contribution >= 0.6 is 11.6 Å². The van der Waals surface area contributed by atoms with E-state index in [1.165, 1.54) is 6.92 Å². The van der Waals surface area contributed by atoms with E-state index in [4.69, 9.17) is 16.3 Å². The Hall–Kier alpha value is -1.73. The molecular formula is C14H15ClF2N2O3. The Balaban J connectivity index is 2.08. The van der Waals surface area contributed by atoms with Gasteiger partial charge in [-0.1, -0.05) is 11.6 Å². The van der Waals surface area contributed by atoms with E-state index in [1.54, 1.807) is 25.1 Å². The molecule has 0 saturated heterocycles. The summed E-state index contributed by atoms with van der Waals surface area (Å²) in [6.07, 6.45) is -3.52. The predicted octanol–water partition coefficient (Wildman–Crippen LogP) is 2.59. The number of rotatable bonds is 4. The van der Waals surface area contributed by atoms with Crippen molar-refractivity contribution in [3.63, 3.8) is 0 Å². The number of nitrogens with zero attached hydrogens (tertiary/aromatic N) is 2. The monoisotopic (exact) mass is 332 g/mol. The Labute approximate surface area is 131 Å². The van der Waals surface area contributed by atoms with Crippen LogP contribution in [0.2, 0.25) is 5.02 Å². The summed E-state index contributed by atoms with van der Waals surface area (Å²) in [6, 6.07) is 4.81. The highest BCUT2D eigenvalue weighted by Gasteiger charge is 2.50. The van der Waals surface area contributed by atoms with Crippen molar-refractivity contribution in [3.05, 3.63) is 28.8 Å². The Kier molecular flexibility index (Phi) is 4.67. The molecule has 2 rings (SSSR count). The number of amides is 1. The summed E-state index contributed by atoms with van der Waals surface area (Å²) in [7, 11) is 0. The van der Waals surface area contributed by atoms with Gasteiger partial charge in [0.25, 0.3) is 12.3 Å². The number of hydrazone groups is 1. The van der Waals surface area contributed by atoms with Crippen LogP contribution in [0.5, 0.6) is 5.75 Å². The molecule has 1 aliphatic heterocycles. The Morgan fingerprint density at radius 3 is 2.82 bits per heavy atom. The topological polar surface area (TPSA) is 62.1 Å². The Morgan fingerprint density at radius 1 is 1.55 bits per heavy atom. The van der Waals surface area contributed by atoms with Crippen molar-refractivity contribution >= 4 is 23.2 Å². The van der Waals surface area contributed by atoms with Crippen LogP contribution in [-0.2, 0) is 4.79 Å². The lowest BCUT2D eigenvalue weighted by Crippen LogP contribution is -2.52. The molecule has 5 nitrogen and oxygen atoms in total. The molecule has 22 heavy (non-hydrogen) atoms. The Bertz CT molecular complexity index is 624. The molecule has 0 spiro atoms. The van der Waals surface area contributed by atoms with Crippen LogP contribution in [0.1, 0.15) is 18.9 Å². The summed E-state index contributed by atoms with van der Waals surface area (Å²) in [5.41, 5.74) is -1.66. The van der Waals surface area contributed by atoms with Gasteiger partial charge in [-0.2, -0.15) is 10.1 Å². The van der Waals surface area contributed by atoms with E-state index in [-0.39, 0.29) is 5.71 Å². The third-order valence-corrected chi connectivity index (χ3v) is 3.46. The lowest BCUT2D eigenvalue weighted by Gasteiger charge is -2.29. The van der Waals surface area contributed by atoms with Gasteiger partial charge in [0.2, 0.25) is 5.72 Å². The molecule has 1 amide bonds. The highest BCUT2D eigenvalue weighted by molar-refractivity contribution is 6.30. The summed E-state index contributed by atoms with van der Waals surface area (Å²) in [5, 5.41) is 14.5. The number of ether oxygens (including phenoxy) is 1. The minimum Gasteiger partial charge on any atom is -0.483 e. The van der Waals surface area contributed by atoms with Crippen LogP contribution in [0.15, 0.2) is 23.3 Å². The lowest BCUT2D eigenvalue weighted by atomic mass is 10.1. The molecule has 1 atom stereocenters. The maximum absolute atomic E-state index is 13.0. The van der Waals surface area contributed by atoms with Crippen LogP contribution in [0.25, 0.3) is 0 Å². The minimum atomic E-state index is -3.13. The first-order chi connectivity index (χ1) is 10.2. The number of carbonyl (C=O) groups excluding carboxylic acids is 1. The second-order valence-electron chi connectivity index (χ2n) is 5.10. The van der Waals surface area contributed by atoms with E-state index in [0.29, 0.717) is 21.3 Å². The number of alkyl halides is 2. The summed E-state index contributed by atoms with van der Waals surface area (Å²) in [5.74, 6) is -0.452. The molecule has 1 aliphatic rings. The highest BCUT2D eigenvalue weighted by atomic mass is 35.5. The second kappa shape index (κ2) is 6.18. The molecule has 0 radical (unpaired) electrons. The zero-order valence-corrected chi connectivity index (χ0v) is 12.8. The number of aryl methyl sites for hydroxylation is 1.